The molecule has 2 aromatic carbocycles. The molecular formula is C16H15ClN2O3S3. The van der Waals surface area contributed by atoms with Crippen LogP contribution in [-0.2, 0) is 10.0 Å². The Hall–Kier alpha value is -1.48. The highest BCUT2D eigenvalue weighted by molar-refractivity contribution is 8.01. The standard InChI is InChI=1S/C16H15ClN2O3S3/c1-3-23-16-18-13-6-4-10(8-15(13)24-16)19-25(20,21)11-5-7-14(22-2)12(17)9-11/h4-9,19H,3H2,1-2H3. The average Bonchev–Trinajstić information content (AvgIpc) is 2.96. The normalized spacial score (nSPS) is 11.6. The van der Waals surface area contributed by atoms with E-state index >= 15 is 0 Å². The van der Waals surface area contributed by atoms with Crippen LogP contribution in [0.4, 0.5) is 5.69 Å². The summed E-state index contributed by atoms with van der Waals surface area (Å²) in [5, 5.41) is 0.240. The number of thioether (sulfide) groups is 1. The van der Waals surface area contributed by atoms with Gasteiger partial charge in [-0.2, -0.15) is 0 Å². The number of hydrogen-bond acceptors (Lipinski definition) is 6. The quantitative estimate of drug-likeness (QED) is 0.582. The van der Waals surface area contributed by atoms with Gasteiger partial charge in [-0.15, -0.1) is 11.3 Å². The molecule has 3 aromatic rings. The molecule has 1 N–H and O–H groups in total. The van der Waals surface area contributed by atoms with Crippen LogP contribution in [0.25, 0.3) is 10.2 Å². The summed E-state index contributed by atoms with van der Waals surface area (Å²) in [6.45, 7) is 2.07. The maximum atomic E-state index is 12.6. The fourth-order valence-corrected chi connectivity index (χ4v) is 5.58. The third-order valence-corrected chi connectivity index (χ3v) is 7.04. The molecule has 1 heterocycles. The highest BCUT2D eigenvalue weighted by Crippen LogP contribution is 2.32. The largest absolute Gasteiger partial charge is 0.495 e. The highest BCUT2D eigenvalue weighted by Gasteiger charge is 2.17. The maximum absolute atomic E-state index is 12.6. The van der Waals surface area contributed by atoms with Gasteiger partial charge in [0.1, 0.15) is 5.75 Å². The van der Waals surface area contributed by atoms with Crippen molar-refractivity contribution in [3.8, 4) is 5.75 Å². The molecule has 0 spiro atoms. The first kappa shape index (κ1) is 18.3. The molecular weight excluding hydrogens is 400 g/mol. The molecule has 0 radical (unpaired) electrons. The van der Waals surface area contributed by atoms with E-state index in [9.17, 15) is 8.42 Å². The number of methoxy groups -OCH3 is 1. The highest BCUT2D eigenvalue weighted by atomic mass is 35.5. The fraction of sp³-hybridized carbons (Fsp3) is 0.188. The van der Waals surface area contributed by atoms with E-state index in [-0.39, 0.29) is 9.92 Å². The lowest BCUT2D eigenvalue weighted by molar-refractivity contribution is 0.414. The molecule has 0 atom stereocenters. The Bertz CT molecular complexity index is 1020. The Morgan fingerprint density at radius 2 is 2.08 bits per heavy atom. The number of rotatable bonds is 6. The smallest absolute Gasteiger partial charge is 0.261 e. The lowest BCUT2D eigenvalue weighted by Crippen LogP contribution is -2.12. The Kier molecular flexibility index (Phi) is 5.43. The molecule has 0 bridgehead atoms. The predicted molar refractivity (Wildman–Crippen MR) is 105 cm³/mol. The third-order valence-electron chi connectivity index (χ3n) is 3.32. The van der Waals surface area contributed by atoms with Gasteiger partial charge in [0, 0.05) is 0 Å². The van der Waals surface area contributed by atoms with Gasteiger partial charge in [-0.3, -0.25) is 4.72 Å². The first-order valence-corrected chi connectivity index (χ1v) is 11.0. The van der Waals surface area contributed by atoms with Gasteiger partial charge in [-0.05, 0) is 42.2 Å². The number of nitrogens with one attached hydrogen (secondary N) is 1. The van der Waals surface area contributed by atoms with Crippen LogP contribution in [0, 0.1) is 0 Å². The number of sulfonamides is 1. The molecule has 5 nitrogen and oxygen atoms in total. The molecule has 0 saturated heterocycles. The number of ether oxygens (including phenoxy) is 1. The molecule has 0 unspecified atom stereocenters. The number of thiazole rings is 1. The zero-order chi connectivity index (χ0) is 18.0. The predicted octanol–water partition coefficient (Wildman–Crippen LogP) is 4.87. The van der Waals surface area contributed by atoms with Gasteiger partial charge in [0.2, 0.25) is 0 Å². The van der Waals surface area contributed by atoms with Crippen molar-refractivity contribution in [2.24, 2.45) is 0 Å². The Morgan fingerprint density at radius 3 is 2.76 bits per heavy atom. The Morgan fingerprint density at radius 1 is 1.28 bits per heavy atom. The molecule has 132 valence electrons. The second kappa shape index (κ2) is 7.41. The van der Waals surface area contributed by atoms with E-state index in [2.05, 4.69) is 16.6 Å². The van der Waals surface area contributed by atoms with E-state index in [0.717, 1.165) is 20.3 Å². The molecule has 0 aliphatic rings. The first-order chi connectivity index (χ1) is 11.9. The van der Waals surface area contributed by atoms with Crippen LogP contribution in [0.3, 0.4) is 0 Å². The minimum Gasteiger partial charge on any atom is -0.495 e. The molecule has 0 amide bonds. The van der Waals surface area contributed by atoms with Crippen molar-refractivity contribution >= 4 is 60.6 Å². The summed E-state index contributed by atoms with van der Waals surface area (Å²) < 4.78 is 34.7. The van der Waals surface area contributed by atoms with Crippen LogP contribution in [0.1, 0.15) is 6.92 Å². The molecule has 0 aliphatic carbocycles. The monoisotopic (exact) mass is 414 g/mol. The number of nitrogens with zero attached hydrogens (tertiary/aromatic N) is 1. The molecule has 0 aliphatic heterocycles. The van der Waals surface area contributed by atoms with Crippen LogP contribution in [0.15, 0.2) is 45.6 Å². The van der Waals surface area contributed by atoms with Crippen LogP contribution >= 0.6 is 34.7 Å². The van der Waals surface area contributed by atoms with Gasteiger partial charge in [0.15, 0.2) is 4.34 Å². The molecule has 3 rings (SSSR count). The number of halogens is 1. The van der Waals surface area contributed by atoms with Gasteiger partial charge in [-0.25, -0.2) is 13.4 Å². The molecule has 0 saturated carbocycles. The zero-order valence-corrected chi connectivity index (χ0v) is 16.7. The lowest BCUT2D eigenvalue weighted by atomic mass is 10.3. The molecule has 0 fully saturated rings. The number of hydrogen-bond donors (Lipinski definition) is 1. The number of aromatic nitrogens is 1. The van der Waals surface area contributed by atoms with Gasteiger partial charge in [-0.1, -0.05) is 30.3 Å². The summed E-state index contributed by atoms with van der Waals surface area (Å²) in [6.07, 6.45) is 0. The number of anilines is 1. The van der Waals surface area contributed by atoms with Crippen LogP contribution in [0.2, 0.25) is 5.02 Å². The van der Waals surface area contributed by atoms with Crippen molar-refractivity contribution in [3.05, 3.63) is 41.4 Å². The van der Waals surface area contributed by atoms with Crippen molar-refractivity contribution in [2.45, 2.75) is 16.2 Å². The third kappa shape index (κ3) is 4.03. The van der Waals surface area contributed by atoms with E-state index in [0.29, 0.717) is 11.4 Å². The van der Waals surface area contributed by atoms with Gasteiger partial charge < -0.3 is 4.74 Å². The van der Waals surface area contributed by atoms with Crippen LogP contribution in [-0.4, -0.2) is 26.3 Å². The van der Waals surface area contributed by atoms with Crippen molar-refractivity contribution in [3.63, 3.8) is 0 Å². The second-order valence-electron chi connectivity index (χ2n) is 5.00. The van der Waals surface area contributed by atoms with Gasteiger partial charge in [0.05, 0.1) is 32.9 Å². The summed E-state index contributed by atoms with van der Waals surface area (Å²) in [4.78, 5) is 4.58. The van der Waals surface area contributed by atoms with E-state index < -0.39 is 10.0 Å². The summed E-state index contributed by atoms with van der Waals surface area (Å²) in [5.41, 5.74) is 1.34. The van der Waals surface area contributed by atoms with Crippen LogP contribution < -0.4 is 9.46 Å². The molecule has 9 heteroatoms. The van der Waals surface area contributed by atoms with Crippen molar-refractivity contribution in [2.75, 3.05) is 17.6 Å². The maximum Gasteiger partial charge on any atom is 0.261 e. The van der Waals surface area contributed by atoms with Crippen LogP contribution in [0.5, 0.6) is 5.75 Å². The topological polar surface area (TPSA) is 68.3 Å². The minimum absolute atomic E-state index is 0.0740. The minimum atomic E-state index is -3.74. The van der Waals surface area contributed by atoms with Crippen molar-refractivity contribution < 1.29 is 13.2 Å². The second-order valence-corrected chi connectivity index (χ2v) is 9.63. The number of fused-ring (bicyclic) bond motifs is 1. The van der Waals surface area contributed by atoms with E-state index in [1.807, 2.05) is 6.07 Å². The van der Waals surface area contributed by atoms with Gasteiger partial charge >= 0.3 is 0 Å². The Balaban J connectivity index is 1.89. The van der Waals surface area contributed by atoms with Gasteiger partial charge in [0.25, 0.3) is 10.0 Å². The summed E-state index contributed by atoms with van der Waals surface area (Å²) in [6, 6.07) is 9.64. The van der Waals surface area contributed by atoms with E-state index in [1.54, 1.807) is 35.2 Å². The molecule has 25 heavy (non-hydrogen) atoms. The zero-order valence-electron chi connectivity index (χ0n) is 13.4. The first-order valence-electron chi connectivity index (χ1n) is 7.32. The lowest BCUT2D eigenvalue weighted by Gasteiger charge is -2.10. The fourth-order valence-electron chi connectivity index (χ4n) is 2.18. The van der Waals surface area contributed by atoms with Crippen molar-refractivity contribution in [1.29, 1.82) is 0 Å². The Labute approximate surface area is 159 Å². The SMILES string of the molecule is CCSc1nc2ccc(NS(=O)(=O)c3ccc(OC)c(Cl)c3)cc2s1. The summed E-state index contributed by atoms with van der Waals surface area (Å²) >= 11 is 9.23. The van der Waals surface area contributed by atoms with E-state index in [1.165, 1.54) is 25.3 Å². The van der Waals surface area contributed by atoms with Crippen molar-refractivity contribution in [1.82, 2.24) is 4.98 Å². The summed E-state index contributed by atoms with van der Waals surface area (Å²) in [7, 11) is -2.27. The average molecular weight is 415 g/mol. The molecule has 1 aromatic heterocycles. The summed E-state index contributed by atoms with van der Waals surface area (Å²) in [5.74, 6) is 1.37. The number of benzene rings is 2. The van der Waals surface area contributed by atoms with E-state index in [4.69, 9.17) is 16.3 Å².